The first kappa shape index (κ1) is 21.7. The molecule has 0 amide bonds. The van der Waals surface area contributed by atoms with Gasteiger partial charge in [-0.3, -0.25) is 9.19 Å². The Morgan fingerprint density at radius 1 is 1.03 bits per heavy atom. The summed E-state index contributed by atoms with van der Waals surface area (Å²) in [4.78, 5) is 17.0. The first-order valence-corrected chi connectivity index (χ1v) is 13.7. The SMILES string of the molecule is CCc1cnc(N2CCC3(CC2)CC2(Cc4cc(-c5ccc(S(C)=O)cc5)ncc4O2)C3)nc1. The molecule has 2 fully saturated rings. The molecule has 7 heteroatoms. The van der Waals surface area contributed by atoms with E-state index in [4.69, 9.17) is 4.74 Å². The lowest BCUT2D eigenvalue weighted by atomic mass is 9.54. The van der Waals surface area contributed by atoms with Crippen LogP contribution in [0.3, 0.4) is 0 Å². The molecular weight excluding hydrogens is 444 g/mol. The van der Waals surface area contributed by atoms with E-state index in [0.29, 0.717) is 5.41 Å². The summed E-state index contributed by atoms with van der Waals surface area (Å²) in [6.45, 7) is 4.15. The van der Waals surface area contributed by atoms with Gasteiger partial charge in [0.25, 0.3) is 0 Å². The van der Waals surface area contributed by atoms with Gasteiger partial charge in [-0.2, -0.15) is 0 Å². The number of piperidine rings is 1. The number of anilines is 1. The summed E-state index contributed by atoms with van der Waals surface area (Å²) in [6, 6.07) is 10.0. The topological polar surface area (TPSA) is 68.2 Å². The summed E-state index contributed by atoms with van der Waals surface area (Å²) in [6.07, 6.45) is 14.0. The fourth-order valence-corrected chi connectivity index (χ4v) is 6.57. The molecule has 2 spiro atoms. The van der Waals surface area contributed by atoms with E-state index in [1.807, 2.05) is 42.9 Å². The summed E-state index contributed by atoms with van der Waals surface area (Å²) in [5.74, 6) is 1.80. The average molecular weight is 475 g/mol. The largest absolute Gasteiger partial charge is 0.485 e. The van der Waals surface area contributed by atoms with Crippen molar-refractivity contribution in [3.05, 3.63) is 60.0 Å². The normalized spacial score (nSPS) is 20.6. The number of aryl methyl sites for hydroxylation is 1. The molecule has 2 aliphatic heterocycles. The van der Waals surface area contributed by atoms with Crippen LogP contribution in [0.15, 0.2) is 53.8 Å². The molecule has 1 saturated heterocycles. The lowest BCUT2D eigenvalue weighted by Crippen LogP contribution is -2.58. The van der Waals surface area contributed by atoms with Crippen LogP contribution in [0, 0.1) is 5.41 Å². The van der Waals surface area contributed by atoms with Gasteiger partial charge in [0.2, 0.25) is 5.95 Å². The average Bonchev–Trinajstić information content (AvgIpc) is 3.22. The van der Waals surface area contributed by atoms with Crippen LogP contribution in [0.5, 0.6) is 5.75 Å². The van der Waals surface area contributed by atoms with Crippen molar-refractivity contribution in [2.24, 2.45) is 5.41 Å². The summed E-state index contributed by atoms with van der Waals surface area (Å²) in [5, 5.41) is 0. The van der Waals surface area contributed by atoms with E-state index < -0.39 is 10.8 Å². The summed E-state index contributed by atoms with van der Waals surface area (Å²) >= 11 is 0. The quantitative estimate of drug-likeness (QED) is 0.551. The van der Waals surface area contributed by atoms with Gasteiger partial charge >= 0.3 is 0 Å². The van der Waals surface area contributed by atoms with Gasteiger partial charge < -0.3 is 9.64 Å². The Kier molecular flexibility index (Phi) is 5.21. The highest BCUT2D eigenvalue weighted by Crippen LogP contribution is 2.60. The molecule has 1 atom stereocenters. The second-order valence-corrected chi connectivity index (χ2v) is 11.6. The van der Waals surface area contributed by atoms with Gasteiger partial charge in [0, 0.05) is 65.0 Å². The monoisotopic (exact) mass is 474 g/mol. The van der Waals surface area contributed by atoms with Crippen molar-refractivity contribution in [3.63, 3.8) is 0 Å². The summed E-state index contributed by atoms with van der Waals surface area (Å²) < 4.78 is 18.2. The zero-order valence-corrected chi connectivity index (χ0v) is 20.6. The summed E-state index contributed by atoms with van der Waals surface area (Å²) in [5.41, 5.74) is 4.75. The van der Waals surface area contributed by atoms with Gasteiger partial charge in [0.05, 0.1) is 11.9 Å². The zero-order valence-electron chi connectivity index (χ0n) is 19.8. The number of benzene rings is 1. The minimum atomic E-state index is -0.968. The number of aromatic nitrogens is 3. The number of pyridine rings is 1. The minimum absolute atomic E-state index is 0.0625. The molecule has 1 aromatic carbocycles. The molecule has 6 rings (SSSR count). The van der Waals surface area contributed by atoms with Crippen molar-refractivity contribution >= 4 is 16.7 Å². The van der Waals surface area contributed by atoms with Gasteiger partial charge in [-0.25, -0.2) is 9.97 Å². The Bertz CT molecular complexity index is 1230. The first-order valence-electron chi connectivity index (χ1n) is 12.1. The van der Waals surface area contributed by atoms with Crippen LogP contribution in [0.4, 0.5) is 5.95 Å². The maximum Gasteiger partial charge on any atom is 0.225 e. The van der Waals surface area contributed by atoms with Gasteiger partial charge in [-0.15, -0.1) is 0 Å². The summed E-state index contributed by atoms with van der Waals surface area (Å²) in [7, 11) is -0.968. The molecule has 0 N–H and O–H groups in total. The number of ether oxygens (including phenoxy) is 1. The Labute approximate surface area is 203 Å². The van der Waals surface area contributed by atoms with Crippen LogP contribution in [0.2, 0.25) is 0 Å². The highest BCUT2D eigenvalue weighted by atomic mass is 32.2. The van der Waals surface area contributed by atoms with Crippen molar-refractivity contribution in [1.82, 2.24) is 15.0 Å². The standard InChI is InChI=1S/C27H30N4O2S/c1-3-19-14-29-25(30-15-19)31-10-8-26(9-11-31)17-27(18-26)13-21-12-23(28-16-24(21)33-27)20-4-6-22(7-5-20)34(2)32/h4-7,12,14-16H,3,8-11,13,17-18H2,1-2H3. The number of nitrogens with zero attached hydrogens (tertiary/aromatic N) is 4. The number of fused-ring (bicyclic) bond motifs is 1. The van der Waals surface area contributed by atoms with Crippen molar-refractivity contribution in [2.45, 2.75) is 55.9 Å². The molecule has 1 aliphatic carbocycles. The second-order valence-electron chi connectivity index (χ2n) is 10.2. The number of hydrogen-bond donors (Lipinski definition) is 0. The van der Waals surface area contributed by atoms with Crippen LogP contribution in [0.1, 0.15) is 43.7 Å². The van der Waals surface area contributed by atoms with E-state index in [1.165, 1.54) is 24.0 Å². The fourth-order valence-electron chi connectivity index (χ4n) is 6.05. The van der Waals surface area contributed by atoms with Crippen molar-refractivity contribution in [1.29, 1.82) is 0 Å². The predicted octanol–water partition coefficient (Wildman–Crippen LogP) is 4.59. The molecule has 1 unspecified atom stereocenters. The fraction of sp³-hybridized carbons (Fsp3) is 0.444. The highest BCUT2D eigenvalue weighted by Gasteiger charge is 2.59. The van der Waals surface area contributed by atoms with E-state index in [1.54, 1.807) is 6.26 Å². The Balaban J connectivity index is 1.10. The van der Waals surface area contributed by atoms with Crippen LogP contribution in [0.25, 0.3) is 11.3 Å². The zero-order chi connectivity index (χ0) is 23.3. The lowest BCUT2D eigenvalue weighted by Gasteiger charge is -2.57. The molecule has 0 radical (unpaired) electrons. The van der Waals surface area contributed by atoms with Crippen molar-refractivity contribution in [3.8, 4) is 17.0 Å². The molecule has 3 aromatic rings. The highest BCUT2D eigenvalue weighted by molar-refractivity contribution is 7.84. The molecule has 6 nitrogen and oxygen atoms in total. The van der Waals surface area contributed by atoms with Crippen molar-refractivity contribution < 1.29 is 8.95 Å². The Morgan fingerprint density at radius 3 is 2.38 bits per heavy atom. The molecule has 176 valence electrons. The molecule has 0 bridgehead atoms. The van der Waals surface area contributed by atoms with Gasteiger partial charge in [-0.05, 0) is 61.3 Å². The van der Waals surface area contributed by atoms with Crippen LogP contribution >= 0.6 is 0 Å². The maximum absolute atomic E-state index is 11.7. The van der Waals surface area contributed by atoms with Gasteiger partial charge in [0.15, 0.2) is 0 Å². The minimum Gasteiger partial charge on any atom is -0.485 e. The smallest absolute Gasteiger partial charge is 0.225 e. The number of rotatable bonds is 4. The van der Waals surface area contributed by atoms with E-state index in [2.05, 4.69) is 32.8 Å². The first-order chi connectivity index (χ1) is 16.5. The Hall–Kier alpha value is -2.80. The van der Waals surface area contributed by atoms with Crippen LogP contribution in [-0.2, 0) is 23.6 Å². The van der Waals surface area contributed by atoms with Crippen LogP contribution in [-0.4, -0.2) is 44.1 Å². The molecule has 2 aromatic heterocycles. The number of hydrogen-bond acceptors (Lipinski definition) is 6. The Morgan fingerprint density at radius 2 is 1.74 bits per heavy atom. The van der Waals surface area contributed by atoms with Crippen LogP contribution < -0.4 is 9.64 Å². The van der Waals surface area contributed by atoms with Gasteiger partial charge in [0.1, 0.15) is 11.4 Å². The molecule has 4 heterocycles. The van der Waals surface area contributed by atoms with Gasteiger partial charge in [-0.1, -0.05) is 19.1 Å². The van der Waals surface area contributed by atoms with E-state index >= 15 is 0 Å². The van der Waals surface area contributed by atoms with E-state index in [-0.39, 0.29) is 5.60 Å². The van der Waals surface area contributed by atoms with E-state index in [9.17, 15) is 4.21 Å². The third-order valence-corrected chi connectivity index (χ3v) is 8.81. The second kappa shape index (κ2) is 8.15. The third kappa shape index (κ3) is 3.80. The molecular formula is C27H30N4O2S. The lowest BCUT2D eigenvalue weighted by molar-refractivity contribution is -0.106. The van der Waals surface area contributed by atoms with Crippen molar-refractivity contribution in [2.75, 3.05) is 24.2 Å². The molecule has 34 heavy (non-hydrogen) atoms. The maximum atomic E-state index is 11.7. The molecule has 1 saturated carbocycles. The van der Waals surface area contributed by atoms with E-state index in [0.717, 1.165) is 66.6 Å². The third-order valence-electron chi connectivity index (χ3n) is 7.87. The molecule has 3 aliphatic rings. The predicted molar refractivity (Wildman–Crippen MR) is 134 cm³/mol.